The molecule has 1 aliphatic heterocycles. The van der Waals surface area contributed by atoms with E-state index in [1.54, 1.807) is 11.5 Å². The fraction of sp³-hybridized carbons (Fsp3) is 0.200. The summed E-state index contributed by atoms with van der Waals surface area (Å²) in [6.45, 7) is 3.38. The van der Waals surface area contributed by atoms with Gasteiger partial charge in [-0.05, 0) is 36.5 Å². The van der Waals surface area contributed by atoms with Gasteiger partial charge in [0, 0.05) is 5.57 Å². The first-order valence-corrected chi connectivity index (χ1v) is 8.97. The number of hydrogen-bond acceptors (Lipinski definition) is 6. The first-order chi connectivity index (χ1) is 10.5. The average Bonchev–Trinajstić information content (AvgIpc) is 2.96. The molecule has 0 N–H and O–H groups in total. The maximum absolute atomic E-state index is 11.4. The molecule has 114 valence electrons. The number of thioether (sulfide) groups is 1. The lowest BCUT2D eigenvalue weighted by Gasteiger charge is -2.07. The number of allylic oxidation sites excluding steroid dienone is 2. The van der Waals surface area contributed by atoms with Crippen molar-refractivity contribution in [3.8, 4) is 6.07 Å². The van der Waals surface area contributed by atoms with Gasteiger partial charge in [-0.2, -0.15) is 13.7 Å². The number of nitriles is 1. The highest BCUT2D eigenvalue weighted by atomic mass is 32.2. The molecule has 1 heterocycles. The van der Waals surface area contributed by atoms with Gasteiger partial charge in [0.1, 0.15) is 11.1 Å². The lowest BCUT2D eigenvalue weighted by molar-refractivity contribution is 0.341. The minimum atomic E-state index is -3.67. The Morgan fingerprint density at radius 2 is 2.14 bits per heavy atom. The fourth-order valence-corrected chi connectivity index (χ4v) is 2.88. The Morgan fingerprint density at radius 3 is 2.77 bits per heavy atom. The molecule has 0 radical (unpaired) electrons. The molecule has 22 heavy (non-hydrogen) atoms. The van der Waals surface area contributed by atoms with E-state index in [1.165, 1.54) is 18.7 Å². The van der Waals surface area contributed by atoms with Gasteiger partial charge < -0.3 is 0 Å². The van der Waals surface area contributed by atoms with Gasteiger partial charge in [-0.1, -0.05) is 41.2 Å². The van der Waals surface area contributed by atoms with Gasteiger partial charge in [-0.25, -0.2) is 0 Å². The molecule has 0 bridgehead atoms. The third-order valence-corrected chi connectivity index (χ3v) is 4.83. The fourth-order valence-electron chi connectivity index (χ4n) is 1.82. The molecule has 0 unspecified atom stereocenters. The minimum absolute atomic E-state index is 0.163. The lowest BCUT2D eigenvalue weighted by Crippen LogP contribution is -2.06. The first-order valence-electron chi connectivity index (χ1n) is 6.51. The summed E-state index contributed by atoms with van der Waals surface area (Å²) in [5.41, 5.74) is 2.75. The van der Waals surface area contributed by atoms with E-state index in [-0.39, 0.29) is 5.75 Å². The van der Waals surface area contributed by atoms with Crippen LogP contribution in [0.1, 0.15) is 18.1 Å². The van der Waals surface area contributed by atoms with Crippen molar-refractivity contribution in [3.63, 3.8) is 0 Å². The van der Waals surface area contributed by atoms with Crippen LogP contribution in [0.4, 0.5) is 0 Å². The Labute approximate surface area is 134 Å². The van der Waals surface area contributed by atoms with Crippen molar-refractivity contribution in [2.45, 2.75) is 13.8 Å². The van der Waals surface area contributed by atoms with Crippen LogP contribution in [0.25, 0.3) is 5.57 Å². The number of oxime groups is 1. The molecular formula is C15H14N2O3S2. The van der Waals surface area contributed by atoms with Crippen LogP contribution in [0.15, 0.2) is 46.5 Å². The van der Waals surface area contributed by atoms with E-state index < -0.39 is 10.1 Å². The zero-order valence-corrected chi connectivity index (χ0v) is 13.7. The summed E-state index contributed by atoms with van der Waals surface area (Å²) < 4.78 is 27.4. The molecule has 1 aliphatic rings. The molecule has 0 spiro atoms. The van der Waals surface area contributed by atoms with Crippen LogP contribution < -0.4 is 0 Å². The maximum atomic E-state index is 11.4. The SMILES string of the molecule is CCS(=O)(=O)O/N=C1\SC=C\C1=C(\C#N)c1ccccc1C. The predicted octanol–water partition coefficient (Wildman–Crippen LogP) is 3.21. The Bertz CT molecular complexity index is 815. The molecule has 0 amide bonds. The highest BCUT2D eigenvalue weighted by Gasteiger charge is 2.20. The van der Waals surface area contributed by atoms with Crippen molar-refractivity contribution < 1.29 is 12.7 Å². The zero-order chi connectivity index (χ0) is 16.2. The Kier molecular flexibility index (Phi) is 5.06. The minimum Gasteiger partial charge on any atom is -0.267 e. The summed E-state index contributed by atoms with van der Waals surface area (Å²) in [6, 6.07) is 9.67. The Balaban J connectivity index is 2.47. The summed E-state index contributed by atoms with van der Waals surface area (Å²) in [7, 11) is -3.67. The molecule has 0 aliphatic carbocycles. The van der Waals surface area contributed by atoms with Crippen molar-refractivity contribution in [1.29, 1.82) is 5.26 Å². The van der Waals surface area contributed by atoms with E-state index in [0.717, 1.165) is 11.1 Å². The molecule has 0 aromatic heterocycles. The number of hydrogen-bond donors (Lipinski definition) is 0. The third kappa shape index (κ3) is 3.59. The van der Waals surface area contributed by atoms with Gasteiger partial charge in [0.2, 0.25) is 0 Å². The highest BCUT2D eigenvalue weighted by molar-refractivity contribution is 8.17. The molecule has 1 aromatic carbocycles. The molecule has 7 heteroatoms. The lowest BCUT2D eigenvalue weighted by atomic mass is 9.97. The number of benzene rings is 1. The van der Waals surface area contributed by atoms with Crippen LogP contribution in [0.2, 0.25) is 0 Å². The topological polar surface area (TPSA) is 79.5 Å². The zero-order valence-electron chi connectivity index (χ0n) is 12.1. The predicted molar refractivity (Wildman–Crippen MR) is 88.4 cm³/mol. The van der Waals surface area contributed by atoms with Crippen molar-refractivity contribution in [2.75, 3.05) is 5.75 Å². The second-order valence-electron chi connectivity index (χ2n) is 4.45. The average molecular weight is 334 g/mol. The van der Waals surface area contributed by atoms with E-state index in [2.05, 4.69) is 15.5 Å². The van der Waals surface area contributed by atoms with Crippen molar-refractivity contribution in [3.05, 3.63) is 52.4 Å². The monoisotopic (exact) mass is 334 g/mol. The van der Waals surface area contributed by atoms with Crippen molar-refractivity contribution in [2.24, 2.45) is 5.16 Å². The van der Waals surface area contributed by atoms with Gasteiger partial charge in [-0.3, -0.25) is 4.28 Å². The van der Waals surface area contributed by atoms with E-state index in [4.69, 9.17) is 0 Å². The molecule has 5 nitrogen and oxygen atoms in total. The van der Waals surface area contributed by atoms with Gasteiger partial charge in [-0.15, -0.1) is 0 Å². The standard InChI is InChI=1S/C15H14N2O3S2/c1-3-22(18,19)20-17-15-13(8-9-21-15)14(10-16)12-7-5-4-6-11(12)2/h4-9H,3H2,1-2H3/b14-13+,17-15-. The number of rotatable bonds is 4. The third-order valence-electron chi connectivity index (χ3n) is 3.03. The van der Waals surface area contributed by atoms with Gasteiger partial charge in [0.05, 0.1) is 11.3 Å². The Morgan fingerprint density at radius 1 is 1.41 bits per heavy atom. The molecule has 1 aromatic rings. The summed E-state index contributed by atoms with van der Waals surface area (Å²) in [5, 5.41) is 15.3. The molecule has 0 saturated heterocycles. The quantitative estimate of drug-likeness (QED) is 0.624. The first kappa shape index (κ1) is 16.3. The van der Waals surface area contributed by atoms with E-state index in [0.29, 0.717) is 16.2 Å². The van der Waals surface area contributed by atoms with Crippen LogP contribution in [0.3, 0.4) is 0 Å². The van der Waals surface area contributed by atoms with Gasteiger partial charge in [0.15, 0.2) is 0 Å². The summed E-state index contributed by atoms with van der Waals surface area (Å²) in [6.07, 6.45) is 1.73. The van der Waals surface area contributed by atoms with Crippen LogP contribution in [0.5, 0.6) is 0 Å². The van der Waals surface area contributed by atoms with Crippen LogP contribution in [0, 0.1) is 18.3 Å². The van der Waals surface area contributed by atoms with Crippen LogP contribution >= 0.6 is 11.8 Å². The molecular weight excluding hydrogens is 320 g/mol. The summed E-state index contributed by atoms with van der Waals surface area (Å²) in [5.74, 6) is -0.163. The number of aryl methyl sites for hydroxylation is 1. The summed E-state index contributed by atoms with van der Waals surface area (Å²) in [4.78, 5) is 0. The molecule has 0 atom stereocenters. The Hall–Kier alpha value is -2.04. The van der Waals surface area contributed by atoms with E-state index in [9.17, 15) is 13.7 Å². The highest BCUT2D eigenvalue weighted by Crippen LogP contribution is 2.32. The number of nitrogens with zero attached hydrogens (tertiary/aromatic N) is 2. The normalized spacial score (nSPS) is 18.3. The van der Waals surface area contributed by atoms with Crippen molar-refractivity contribution >= 4 is 32.5 Å². The molecule has 0 fully saturated rings. The smallest absolute Gasteiger partial charge is 0.267 e. The maximum Gasteiger partial charge on any atom is 0.328 e. The second kappa shape index (κ2) is 6.81. The van der Waals surface area contributed by atoms with E-state index in [1.807, 2.05) is 31.2 Å². The van der Waals surface area contributed by atoms with Gasteiger partial charge in [0.25, 0.3) is 0 Å². The molecule has 2 rings (SSSR count). The second-order valence-corrected chi connectivity index (χ2v) is 7.19. The molecule has 0 saturated carbocycles. The largest absolute Gasteiger partial charge is 0.328 e. The van der Waals surface area contributed by atoms with E-state index >= 15 is 0 Å². The van der Waals surface area contributed by atoms with Crippen molar-refractivity contribution in [1.82, 2.24) is 0 Å². The summed E-state index contributed by atoms with van der Waals surface area (Å²) >= 11 is 1.22. The van der Waals surface area contributed by atoms with Crippen LogP contribution in [-0.4, -0.2) is 19.2 Å². The van der Waals surface area contributed by atoms with Crippen LogP contribution in [-0.2, 0) is 14.4 Å². The van der Waals surface area contributed by atoms with Gasteiger partial charge >= 0.3 is 10.1 Å².